The summed E-state index contributed by atoms with van der Waals surface area (Å²) in [5.41, 5.74) is 2.02. The highest BCUT2D eigenvalue weighted by atomic mass is 16.5. The molecule has 6 heteroatoms. The first-order valence-electron chi connectivity index (χ1n) is 10.5. The molecule has 1 amide bonds. The van der Waals surface area contributed by atoms with E-state index in [1.165, 1.54) is 0 Å². The Balaban J connectivity index is 1.29. The van der Waals surface area contributed by atoms with Crippen molar-refractivity contribution in [2.75, 3.05) is 19.7 Å². The van der Waals surface area contributed by atoms with Crippen LogP contribution in [0.15, 0.2) is 42.5 Å². The van der Waals surface area contributed by atoms with Crippen molar-refractivity contribution in [1.82, 2.24) is 15.2 Å². The van der Waals surface area contributed by atoms with Gasteiger partial charge in [-0.15, -0.1) is 0 Å². The number of pyridine rings is 1. The molecule has 6 nitrogen and oxygen atoms in total. The molecule has 0 saturated carbocycles. The topological polar surface area (TPSA) is 63.7 Å². The second kappa shape index (κ2) is 8.82. The zero-order chi connectivity index (χ0) is 20.2. The molecule has 3 heterocycles. The first kappa shape index (κ1) is 19.7. The quantitative estimate of drug-likeness (QED) is 0.842. The monoisotopic (exact) mass is 395 g/mol. The van der Waals surface area contributed by atoms with E-state index in [9.17, 15) is 4.79 Å². The summed E-state index contributed by atoms with van der Waals surface area (Å²) in [5.74, 6) is 1.64. The molecule has 0 spiro atoms. The van der Waals surface area contributed by atoms with Crippen molar-refractivity contribution in [1.29, 1.82) is 0 Å². The molecule has 0 bridgehead atoms. The number of rotatable bonds is 5. The number of carbonyl (C=O) groups excluding carboxylic acids is 1. The zero-order valence-corrected chi connectivity index (χ0v) is 17.1. The highest BCUT2D eigenvalue weighted by molar-refractivity contribution is 5.82. The Labute approximate surface area is 172 Å². The largest absolute Gasteiger partial charge is 0.493 e. The van der Waals surface area contributed by atoms with Crippen LogP contribution in [0.2, 0.25) is 0 Å². The fraction of sp³-hybridized carbons (Fsp3) is 0.478. The number of amides is 1. The number of aryl methyl sites for hydroxylation is 1. The molecule has 1 aromatic heterocycles. The molecule has 2 aliphatic heterocycles. The minimum atomic E-state index is -0.164. The molecule has 2 aromatic rings. The molecule has 1 fully saturated rings. The van der Waals surface area contributed by atoms with Gasteiger partial charge in [-0.25, -0.2) is 4.98 Å². The van der Waals surface area contributed by atoms with Gasteiger partial charge in [-0.05, 0) is 38.8 Å². The van der Waals surface area contributed by atoms with Crippen LogP contribution in [0.3, 0.4) is 0 Å². The number of carbonyl (C=O) groups is 1. The smallest absolute Gasteiger partial charge is 0.237 e. The van der Waals surface area contributed by atoms with Crippen molar-refractivity contribution >= 4 is 5.91 Å². The second-order valence-electron chi connectivity index (χ2n) is 7.88. The third-order valence-corrected chi connectivity index (χ3v) is 5.83. The molecular weight excluding hydrogens is 366 g/mol. The molecule has 154 valence electrons. The number of aromatic nitrogens is 1. The third-order valence-electron chi connectivity index (χ3n) is 5.83. The van der Waals surface area contributed by atoms with Crippen LogP contribution in [-0.4, -0.2) is 47.6 Å². The van der Waals surface area contributed by atoms with Gasteiger partial charge < -0.3 is 14.8 Å². The van der Waals surface area contributed by atoms with E-state index in [2.05, 4.69) is 15.2 Å². The van der Waals surface area contributed by atoms with Crippen molar-refractivity contribution in [2.45, 2.75) is 51.3 Å². The lowest BCUT2D eigenvalue weighted by Crippen LogP contribution is -2.50. The van der Waals surface area contributed by atoms with E-state index in [1.807, 2.05) is 56.3 Å². The van der Waals surface area contributed by atoms with Crippen LogP contribution < -0.4 is 14.8 Å². The van der Waals surface area contributed by atoms with Crippen molar-refractivity contribution in [3.05, 3.63) is 53.7 Å². The Morgan fingerprint density at radius 1 is 1.17 bits per heavy atom. The predicted octanol–water partition coefficient (Wildman–Crippen LogP) is 3.26. The van der Waals surface area contributed by atoms with Gasteiger partial charge in [0, 0.05) is 36.8 Å². The first-order chi connectivity index (χ1) is 14.1. The van der Waals surface area contributed by atoms with Gasteiger partial charge in [-0.2, -0.15) is 0 Å². The van der Waals surface area contributed by atoms with Crippen LogP contribution in [0.4, 0.5) is 0 Å². The SMILES string of the molecule is Cc1cccc(OC2CCN([C@H](C)C(=O)N[C@@H]3CCOc4ccccc43)CC2)n1. The van der Waals surface area contributed by atoms with E-state index in [0.717, 1.165) is 49.4 Å². The number of hydrogen-bond acceptors (Lipinski definition) is 5. The van der Waals surface area contributed by atoms with Crippen molar-refractivity contribution in [2.24, 2.45) is 0 Å². The summed E-state index contributed by atoms with van der Waals surface area (Å²) in [6.07, 6.45) is 2.74. The number of fused-ring (bicyclic) bond motifs is 1. The summed E-state index contributed by atoms with van der Waals surface area (Å²) >= 11 is 0. The number of likely N-dealkylation sites (tertiary alicyclic amines) is 1. The van der Waals surface area contributed by atoms with Crippen LogP contribution in [0.1, 0.15) is 43.5 Å². The molecule has 0 aliphatic carbocycles. The Kier molecular flexibility index (Phi) is 6.00. The normalized spacial score (nSPS) is 21.0. The van der Waals surface area contributed by atoms with Gasteiger partial charge in [-0.3, -0.25) is 9.69 Å². The van der Waals surface area contributed by atoms with Gasteiger partial charge in [0.25, 0.3) is 0 Å². The fourth-order valence-electron chi connectivity index (χ4n) is 4.09. The van der Waals surface area contributed by atoms with Crippen LogP contribution in [0.25, 0.3) is 0 Å². The fourth-order valence-corrected chi connectivity index (χ4v) is 4.09. The van der Waals surface area contributed by atoms with Crippen molar-refractivity contribution < 1.29 is 14.3 Å². The molecule has 2 atom stereocenters. The van der Waals surface area contributed by atoms with E-state index in [0.29, 0.717) is 12.5 Å². The molecule has 1 saturated heterocycles. The van der Waals surface area contributed by atoms with Crippen LogP contribution in [0.5, 0.6) is 11.6 Å². The summed E-state index contributed by atoms with van der Waals surface area (Å²) < 4.78 is 11.7. The third kappa shape index (κ3) is 4.70. The Morgan fingerprint density at radius 2 is 1.97 bits per heavy atom. The minimum absolute atomic E-state index is 0.0168. The van der Waals surface area contributed by atoms with E-state index < -0.39 is 0 Å². The molecule has 1 aromatic carbocycles. The summed E-state index contributed by atoms with van der Waals surface area (Å²) in [5, 5.41) is 3.23. The van der Waals surface area contributed by atoms with Crippen molar-refractivity contribution in [3.8, 4) is 11.6 Å². The lowest BCUT2D eigenvalue weighted by Gasteiger charge is -2.36. The standard InChI is InChI=1S/C23H29N3O3/c1-16-6-5-9-22(24-16)29-18-10-13-26(14-11-18)17(2)23(27)25-20-12-15-28-21-8-4-3-7-19(20)21/h3-9,17-18,20H,10-15H2,1-2H3,(H,25,27)/t17-,20-/m1/s1. The maximum atomic E-state index is 12.9. The second-order valence-corrected chi connectivity index (χ2v) is 7.88. The van der Waals surface area contributed by atoms with Gasteiger partial charge in [0.05, 0.1) is 18.7 Å². The van der Waals surface area contributed by atoms with Gasteiger partial charge >= 0.3 is 0 Å². The molecule has 29 heavy (non-hydrogen) atoms. The number of para-hydroxylation sites is 1. The lowest BCUT2D eigenvalue weighted by atomic mass is 10.00. The summed E-state index contributed by atoms with van der Waals surface area (Å²) in [6, 6.07) is 13.6. The van der Waals surface area contributed by atoms with E-state index in [-0.39, 0.29) is 24.1 Å². The first-order valence-corrected chi connectivity index (χ1v) is 10.5. The average Bonchev–Trinajstić information content (AvgIpc) is 2.74. The van der Waals surface area contributed by atoms with Gasteiger partial charge in [0.2, 0.25) is 11.8 Å². The molecular formula is C23H29N3O3. The molecule has 4 rings (SSSR count). The zero-order valence-electron chi connectivity index (χ0n) is 17.1. The van der Waals surface area contributed by atoms with Crippen LogP contribution in [-0.2, 0) is 4.79 Å². The van der Waals surface area contributed by atoms with Gasteiger partial charge in [-0.1, -0.05) is 24.3 Å². The number of piperidine rings is 1. The average molecular weight is 396 g/mol. The molecule has 1 N–H and O–H groups in total. The number of benzene rings is 1. The van der Waals surface area contributed by atoms with E-state index in [1.54, 1.807) is 0 Å². The Bertz CT molecular complexity index is 849. The Morgan fingerprint density at radius 3 is 2.76 bits per heavy atom. The molecule has 0 unspecified atom stereocenters. The number of nitrogens with one attached hydrogen (secondary N) is 1. The summed E-state index contributed by atoms with van der Waals surface area (Å²) in [4.78, 5) is 19.6. The minimum Gasteiger partial charge on any atom is -0.493 e. The lowest BCUT2D eigenvalue weighted by molar-refractivity contribution is -0.127. The maximum Gasteiger partial charge on any atom is 0.237 e. The highest BCUT2D eigenvalue weighted by Gasteiger charge is 2.30. The molecule has 0 radical (unpaired) electrons. The molecule has 2 aliphatic rings. The van der Waals surface area contributed by atoms with Crippen molar-refractivity contribution in [3.63, 3.8) is 0 Å². The Hall–Kier alpha value is -2.60. The van der Waals surface area contributed by atoms with E-state index in [4.69, 9.17) is 9.47 Å². The maximum absolute atomic E-state index is 12.9. The van der Waals surface area contributed by atoms with Crippen LogP contribution in [0, 0.1) is 6.92 Å². The van der Waals surface area contributed by atoms with Gasteiger partial charge in [0.15, 0.2) is 0 Å². The number of hydrogen-bond donors (Lipinski definition) is 1. The van der Waals surface area contributed by atoms with Crippen LogP contribution >= 0.6 is 0 Å². The van der Waals surface area contributed by atoms with E-state index >= 15 is 0 Å². The number of nitrogens with zero attached hydrogens (tertiary/aromatic N) is 2. The predicted molar refractivity (Wildman–Crippen MR) is 111 cm³/mol. The highest BCUT2D eigenvalue weighted by Crippen LogP contribution is 2.31. The summed E-state index contributed by atoms with van der Waals surface area (Å²) in [6.45, 7) is 6.27. The summed E-state index contributed by atoms with van der Waals surface area (Å²) in [7, 11) is 0. The number of ether oxygens (including phenoxy) is 2. The van der Waals surface area contributed by atoms with Gasteiger partial charge in [0.1, 0.15) is 11.9 Å².